The summed E-state index contributed by atoms with van der Waals surface area (Å²) in [6.07, 6.45) is 1.52. The molecule has 0 saturated heterocycles. The molecule has 0 saturated carbocycles. The van der Waals surface area contributed by atoms with E-state index in [1.807, 2.05) is 13.8 Å². The van der Waals surface area contributed by atoms with Crippen LogP contribution in [0.3, 0.4) is 0 Å². The predicted octanol–water partition coefficient (Wildman–Crippen LogP) is 5.45. The number of benzene rings is 2. The number of hydrogen-bond donors (Lipinski definition) is 2. The van der Waals surface area contributed by atoms with Gasteiger partial charge < -0.3 is 15.2 Å². The molecule has 0 amide bonds. The maximum absolute atomic E-state index is 10.7. The second-order valence-electron chi connectivity index (χ2n) is 6.10. The Morgan fingerprint density at radius 2 is 1.61 bits per heavy atom. The van der Waals surface area contributed by atoms with Crippen LogP contribution >= 0.6 is 15.9 Å². The average molecular weight is 435 g/mol. The van der Waals surface area contributed by atoms with Gasteiger partial charge in [0.1, 0.15) is 5.75 Å². The zero-order chi connectivity index (χ0) is 20.3. The largest absolute Gasteiger partial charge is 0.502 e. The molecule has 2 aromatic carbocycles. The zero-order valence-corrected chi connectivity index (χ0v) is 16.7. The highest BCUT2D eigenvalue weighted by molar-refractivity contribution is 9.10. The predicted molar refractivity (Wildman–Crippen MR) is 109 cm³/mol. The summed E-state index contributed by atoms with van der Waals surface area (Å²) in [7, 11) is 0. The van der Waals surface area contributed by atoms with Crippen LogP contribution in [0.4, 0.5) is 11.5 Å². The van der Waals surface area contributed by atoms with Crippen LogP contribution in [0.1, 0.15) is 22.3 Å². The summed E-state index contributed by atoms with van der Waals surface area (Å²) in [6, 6.07) is 14.4. The van der Waals surface area contributed by atoms with Gasteiger partial charge >= 0.3 is 0 Å². The van der Waals surface area contributed by atoms with Crippen LogP contribution in [0.5, 0.6) is 17.2 Å². The lowest BCUT2D eigenvalue weighted by atomic mass is 10.1. The summed E-state index contributed by atoms with van der Waals surface area (Å²) in [5, 5.41) is 31.7. The number of ether oxygens (including phenoxy) is 1. The Kier molecular flexibility index (Phi) is 5.49. The normalized spacial score (nSPS) is 10.0. The van der Waals surface area contributed by atoms with Gasteiger partial charge in [-0.3, -0.25) is 0 Å². The molecule has 3 aromatic rings. The third kappa shape index (κ3) is 3.90. The second-order valence-corrected chi connectivity index (χ2v) is 6.95. The Balaban J connectivity index is 1.96. The van der Waals surface area contributed by atoms with Crippen molar-refractivity contribution in [3.8, 4) is 29.4 Å². The molecule has 0 unspecified atom stereocenters. The van der Waals surface area contributed by atoms with Crippen molar-refractivity contribution in [3.05, 3.63) is 69.3 Å². The number of aromatic hydroxyl groups is 1. The van der Waals surface area contributed by atoms with Crippen molar-refractivity contribution >= 4 is 27.4 Å². The Hall–Kier alpha value is -3.55. The molecule has 0 aliphatic heterocycles. The molecule has 0 aliphatic carbocycles. The van der Waals surface area contributed by atoms with Gasteiger partial charge in [-0.25, -0.2) is 4.98 Å². The number of nitrogens with zero attached hydrogens (tertiary/aromatic N) is 3. The van der Waals surface area contributed by atoms with E-state index in [1.54, 1.807) is 36.4 Å². The molecule has 28 heavy (non-hydrogen) atoms. The highest BCUT2D eigenvalue weighted by Gasteiger charge is 2.18. The summed E-state index contributed by atoms with van der Waals surface area (Å²) in [6.45, 7) is 3.68. The fourth-order valence-corrected chi connectivity index (χ4v) is 3.06. The summed E-state index contributed by atoms with van der Waals surface area (Å²) in [5.41, 5.74) is 3.31. The lowest BCUT2D eigenvalue weighted by Gasteiger charge is -2.16. The molecule has 2 N–H and O–H groups in total. The molecule has 7 heteroatoms. The van der Waals surface area contributed by atoms with E-state index in [2.05, 4.69) is 38.4 Å². The van der Waals surface area contributed by atoms with E-state index in [1.165, 1.54) is 6.20 Å². The number of hydrogen-bond acceptors (Lipinski definition) is 6. The fraction of sp³-hybridized carbons (Fsp3) is 0.0952. The van der Waals surface area contributed by atoms with Crippen LogP contribution < -0.4 is 10.1 Å². The van der Waals surface area contributed by atoms with E-state index in [0.717, 1.165) is 11.1 Å². The highest BCUT2D eigenvalue weighted by Crippen LogP contribution is 2.43. The number of nitriles is 2. The van der Waals surface area contributed by atoms with E-state index >= 15 is 0 Å². The van der Waals surface area contributed by atoms with Crippen molar-refractivity contribution in [1.82, 2.24) is 4.98 Å². The van der Waals surface area contributed by atoms with Gasteiger partial charge in [0, 0.05) is 11.9 Å². The van der Waals surface area contributed by atoms with Crippen LogP contribution in [-0.4, -0.2) is 10.1 Å². The lowest BCUT2D eigenvalue weighted by molar-refractivity contribution is 0.406. The Morgan fingerprint density at radius 3 is 2.18 bits per heavy atom. The molecule has 0 fully saturated rings. The topological polar surface area (TPSA) is 102 Å². The molecule has 0 spiro atoms. The van der Waals surface area contributed by atoms with Crippen molar-refractivity contribution in [2.75, 3.05) is 5.32 Å². The third-order valence-electron chi connectivity index (χ3n) is 4.03. The van der Waals surface area contributed by atoms with Crippen LogP contribution in [0.15, 0.2) is 47.1 Å². The molecule has 0 atom stereocenters. The van der Waals surface area contributed by atoms with Crippen LogP contribution in [0.25, 0.3) is 0 Å². The maximum Gasteiger partial charge on any atom is 0.203 e. The second kappa shape index (κ2) is 7.99. The van der Waals surface area contributed by atoms with Crippen molar-refractivity contribution in [3.63, 3.8) is 0 Å². The minimum absolute atomic E-state index is 0.165. The SMILES string of the molecule is Cc1cc(C#N)cc(C)c1Oc1c(Br)cnc(Nc2ccc(C#N)cc2)c1O. The van der Waals surface area contributed by atoms with E-state index in [-0.39, 0.29) is 17.3 Å². The summed E-state index contributed by atoms with van der Waals surface area (Å²) in [4.78, 5) is 4.19. The van der Waals surface area contributed by atoms with E-state index in [0.29, 0.717) is 27.0 Å². The molecule has 138 valence electrons. The number of nitrogens with one attached hydrogen (secondary N) is 1. The first-order valence-electron chi connectivity index (χ1n) is 8.26. The average Bonchev–Trinajstić information content (AvgIpc) is 2.69. The molecule has 0 bridgehead atoms. The van der Waals surface area contributed by atoms with Gasteiger partial charge in [0.15, 0.2) is 11.6 Å². The van der Waals surface area contributed by atoms with Crippen LogP contribution in [0, 0.1) is 36.5 Å². The first-order chi connectivity index (χ1) is 13.4. The van der Waals surface area contributed by atoms with Crippen molar-refractivity contribution in [2.45, 2.75) is 13.8 Å². The maximum atomic E-state index is 10.7. The van der Waals surface area contributed by atoms with Gasteiger partial charge in [0.05, 0.1) is 27.7 Å². The quantitative estimate of drug-likeness (QED) is 0.566. The van der Waals surface area contributed by atoms with Crippen molar-refractivity contribution < 1.29 is 9.84 Å². The van der Waals surface area contributed by atoms with Gasteiger partial charge in [-0.05, 0) is 77.3 Å². The molecule has 3 rings (SSSR count). The van der Waals surface area contributed by atoms with Gasteiger partial charge in [0.2, 0.25) is 5.75 Å². The summed E-state index contributed by atoms with van der Waals surface area (Å²) in [5.74, 6) is 0.821. The van der Waals surface area contributed by atoms with E-state index in [4.69, 9.17) is 15.3 Å². The molecular formula is C21H15BrN4O2. The first kappa shape index (κ1) is 19.2. The number of rotatable bonds is 4. The minimum atomic E-state index is -0.165. The molecule has 1 aromatic heterocycles. The third-order valence-corrected chi connectivity index (χ3v) is 4.60. The van der Waals surface area contributed by atoms with Crippen molar-refractivity contribution in [2.24, 2.45) is 0 Å². The number of pyridine rings is 1. The molecule has 0 aliphatic rings. The number of halogens is 1. The van der Waals surface area contributed by atoms with Gasteiger partial charge in [-0.1, -0.05) is 0 Å². The zero-order valence-electron chi connectivity index (χ0n) is 15.1. The Labute approximate surface area is 170 Å². The van der Waals surface area contributed by atoms with Gasteiger partial charge in [-0.2, -0.15) is 10.5 Å². The van der Waals surface area contributed by atoms with Gasteiger partial charge in [0.25, 0.3) is 0 Å². The molecule has 6 nitrogen and oxygen atoms in total. The first-order valence-corrected chi connectivity index (χ1v) is 9.06. The highest BCUT2D eigenvalue weighted by atomic mass is 79.9. The Morgan fingerprint density at radius 1 is 1.00 bits per heavy atom. The molecule has 1 heterocycles. The fourth-order valence-electron chi connectivity index (χ4n) is 2.69. The molecule has 0 radical (unpaired) electrons. The number of aryl methyl sites for hydroxylation is 2. The lowest BCUT2D eigenvalue weighted by Crippen LogP contribution is -1.98. The molecular weight excluding hydrogens is 420 g/mol. The monoisotopic (exact) mass is 434 g/mol. The van der Waals surface area contributed by atoms with E-state index in [9.17, 15) is 5.11 Å². The summed E-state index contributed by atoms with van der Waals surface area (Å²) >= 11 is 3.36. The van der Waals surface area contributed by atoms with E-state index < -0.39 is 0 Å². The standard InChI is InChI=1S/C21H15BrN4O2/c1-12-7-15(10-24)8-13(2)19(12)28-20-17(22)11-25-21(18(20)27)26-16-5-3-14(9-23)4-6-16/h3-8,11,27H,1-2H3,(H,25,26). The number of aromatic nitrogens is 1. The van der Waals surface area contributed by atoms with Gasteiger partial charge in [-0.15, -0.1) is 0 Å². The van der Waals surface area contributed by atoms with Crippen LogP contribution in [0.2, 0.25) is 0 Å². The number of anilines is 2. The smallest absolute Gasteiger partial charge is 0.203 e. The minimum Gasteiger partial charge on any atom is -0.502 e. The van der Waals surface area contributed by atoms with Crippen LogP contribution in [-0.2, 0) is 0 Å². The van der Waals surface area contributed by atoms with Crippen molar-refractivity contribution in [1.29, 1.82) is 10.5 Å². The summed E-state index contributed by atoms with van der Waals surface area (Å²) < 4.78 is 6.47. The Bertz CT molecular complexity index is 1110.